The van der Waals surface area contributed by atoms with E-state index in [2.05, 4.69) is 20.9 Å². The quantitative estimate of drug-likeness (QED) is 0.0636. The highest BCUT2D eigenvalue weighted by atomic mass is 16.4. The molecule has 3 amide bonds. The van der Waals surface area contributed by atoms with Crippen LogP contribution >= 0.6 is 0 Å². The normalized spacial score (nSPS) is 16.3. The van der Waals surface area contributed by atoms with Gasteiger partial charge in [0.15, 0.2) is 5.96 Å². The van der Waals surface area contributed by atoms with E-state index in [0.717, 1.165) is 0 Å². The Bertz CT molecular complexity index is 698. The van der Waals surface area contributed by atoms with Gasteiger partial charge in [-0.15, -0.1) is 0 Å². The standard InChI is InChI=1S/C19H37N7O7/c1-4-9(2)13(20)16(30)26-14(10(3)28)17(31)25-12(8-27)15(29)24-11(18(32)33)6-5-7-23-19(21)22/h9-14,27-28H,4-8,20H2,1-3H3,(H,24,29)(H,25,31)(H,26,30)(H,32,33)(H4,21,22,23). The number of aliphatic carboxylic acids is 1. The molecule has 0 radical (unpaired) electrons. The van der Waals surface area contributed by atoms with Gasteiger partial charge in [-0.3, -0.25) is 19.4 Å². The highest BCUT2D eigenvalue weighted by Crippen LogP contribution is 2.06. The van der Waals surface area contributed by atoms with E-state index in [9.17, 15) is 34.5 Å². The van der Waals surface area contributed by atoms with Crippen LogP contribution in [0.4, 0.5) is 0 Å². The lowest BCUT2D eigenvalue weighted by Crippen LogP contribution is -2.61. The smallest absolute Gasteiger partial charge is 0.326 e. The lowest BCUT2D eigenvalue weighted by molar-refractivity contribution is -0.143. The van der Waals surface area contributed by atoms with E-state index in [1.54, 1.807) is 6.92 Å². The Kier molecular flexibility index (Phi) is 13.6. The van der Waals surface area contributed by atoms with E-state index in [1.165, 1.54) is 6.92 Å². The second kappa shape index (κ2) is 15.0. The van der Waals surface area contributed by atoms with Crippen LogP contribution in [0.2, 0.25) is 0 Å². The summed E-state index contributed by atoms with van der Waals surface area (Å²) in [5, 5.41) is 35.5. The van der Waals surface area contributed by atoms with E-state index in [1.807, 2.05) is 6.92 Å². The topological polar surface area (TPSA) is 255 Å². The Morgan fingerprint density at radius 2 is 1.55 bits per heavy atom. The zero-order chi connectivity index (χ0) is 25.7. The number of nitrogens with zero attached hydrogens (tertiary/aromatic N) is 1. The first-order valence-corrected chi connectivity index (χ1v) is 10.6. The largest absolute Gasteiger partial charge is 0.480 e. The van der Waals surface area contributed by atoms with Crippen molar-refractivity contribution in [3.05, 3.63) is 0 Å². The van der Waals surface area contributed by atoms with Crippen molar-refractivity contribution in [1.29, 1.82) is 0 Å². The van der Waals surface area contributed by atoms with Crippen molar-refractivity contribution in [3.8, 4) is 0 Å². The molecule has 0 rings (SSSR count). The molecule has 190 valence electrons. The van der Waals surface area contributed by atoms with Gasteiger partial charge in [0.05, 0.1) is 18.8 Å². The van der Waals surface area contributed by atoms with Gasteiger partial charge in [-0.05, 0) is 25.7 Å². The highest BCUT2D eigenvalue weighted by molar-refractivity contribution is 5.94. The van der Waals surface area contributed by atoms with Crippen LogP contribution in [0, 0.1) is 5.92 Å². The van der Waals surface area contributed by atoms with Crippen molar-refractivity contribution < 1.29 is 34.5 Å². The Morgan fingerprint density at radius 1 is 0.970 bits per heavy atom. The monoisotopic (exact) mass is 475 g/mol. The number of carboxylic acid groups (broad SMARTS) is 1. The molecule has 33 heavy (non-hydrogen) atoms. The number of carboxylic acids is 1. The van der Waals surface area contributed by atoms with E-state index in [4.69, 9.17) is 17.2 Å². The number of aliphatic hydroxyl groups is 2. The molecule has 14 heteroatoms. The molecule has 0 aromatic carbocycles. The number of aliphatic hydroxyl groups excluding tert-OH is 2. The van der Waals surface area contributed by atoms with Crippen LogP contribution in [-0.4, -0.2) is 88.4 Å². The predicted molar refractivity (Wildman–Crippen MR) is 120 cm³/mol. The van der Waals surface area contributed by atoms with E-state index in [-0.39, 0.29) is 31.3 Å². The van der Waals surface area contributed by atoms with E-state index < -0.39 is 60.6 Å². The molecule has 0 heterocycles. The van der Waals surface area contributed by atoms with Crippen LogP contribution in [-0.2, 0) is 19.2 Å². The third-order valence-corrected chi connectivity index (χ3v) is 5.00. The summed E-state index contributed by atoms with van der Waals surface area (Å²) in [6.07, 6.45) is -0.492. The molecule has 0 bridgehead atoms. The fourth-order valence-electron chi connectivity index (χ4n) is 2.66. The molecule has 0 aliphatic heterocycles. The molecular formula is C19H37N7O7. The fourth-order valence-corrected chi connectivity index (χ4v) is 2.66. The van der Waals surface area contributed by atoms with Crippen LogP contribution < -0.4 is 33.2 Å². The number of guanidine groups is 1. The first-order valence-electron chi connectivity index (χ1n) is 10.6. The fraction of sp³-hybridized carbons (Fsp3) is 0.737. The minimum atomic E-state index is -1.53. The van der Waals surface area contributed by atoms with Gasteiger partial charge in [-0.25, -0.2) is 4.79 Å². The summed E-state index contributed by atoms with van der Waals surface area (Å²) in [4.78, 5) is 52.4. The third kappa shape index (κ3) is 10.9. The molecule has 14 nitrogen and oxygen atoms in total. The molecule has 0 spiro atoms. The van der Waals surface area contributed by atoms with Crippen LogP contribution in [0.5, 0.6) is 0 Å². The van der Waals surface area contributed by atoms with Crippen LogP contribution in [0.25, 0.3) is 0 Å². The average molecular weight is 476 g/mol. The van der Waals surface area contributed by atoms with Gasteiger partial charge in [-0.1, -0.05) is 20.3 Å². The minimum absolute atomic E-state index is 0.0101. The van der Waals surface area contributed by atoms with Crippen molar-refractivity contribution in [2.75, 3.05) is 13.2 Å². The molecule has 0 aromatic rings. The van der Waals surface area contributed by atoms with Crippen LogP contribution in [0.1, 0.15) is 40.0 Å². The molecule has 0 aliphatic rings. The van der Waals surface area contributed by atoms with Crippen LogP contribution in [0.3, 0.4) is 0 Å². The zero-order valence-electron chi connectivity index (χ0n) is 19.2. The predicted octanol–water partition coefficient (Wildman–Crippen LogP) is -3.67. The minimum Gasteiger partial charge on any atom is -0.480 e. The Morgan fingerprint density at radius 3 is 2.00 bits per heavy atom. The maximum absolute atomic E-state index is 12.6. The van der Waals surface area contributed by atoms with Crippen LogP contribution in [0.15, 0.2) is 4.99 Å². The lowest BCUT2D eigenvalue weighted by Gasteiger charge is -2.26. The van der Waals surface area contributed by atoms with Gasteiger partial charge in [0, 0.05) is 6.54 Å². The van der Waals surface area contributed by atoms with Gasteiger partial charge in [0.2, 0.25) is 17.7 Å². The van der Waals surface area contributed by atoms with Gasteiger partial charge < -0.3 is 48.5 Å². The van der Waals surface area contributed by atoms with E-state index in [0.29, 0.717) is 6.42 Å². The number of aliphatic imine (C=N–C) groups is 1. The summed E-state index contributed by atoms with van der Waals surface area (Å²) in [6, 6.07) is -5.22. The SMILES string of the molecule is CCC(C)C(N)C(=O)NC(C(=O)NC(CO)C(=O)NC(CCCN=C(N)N)C(=O)O)C(C)O. The second-order valence-corrected chi connectivity index (χ2v) is 7.73. The number of hydrogen-bond acceptors (Lipinski definition) is 8. The van der Waals surface area contributed by atoms with E-state index >= 15 is 0 Å². The van der Waals surface area contributed by atoms with Gasteiger partial charge >= 0.3 is 5.97 Å². The first kappa shape index (κ1) is 30.0. The number of rotatable bonds is 15. The number of nitrogens with one attached hydrogen (secondary N) is 3. The van der Waals surface area contributed by atoms with Gasteiger partial charge in [0.1, 0.15) is 18.1 Å². The molecule has 6 atom stereocenters. The van der Waals surface area contributed by atoms with Crippen molar-refractivity contribution in [2.24, 2.45) is 28.1 Å². The molecule has 0 saturated carbocycles. The molecule has 6 unspecified atom stereocenters. The maximum Gasteiger partial charge on any atom is 0.326 e. The molecule has 0 saturated heterocycles. The molecule has 0 aliphatic carbocycles. The summed E-state index contributed by atoms with van der Waals surface area (Å²) in [6.45, 7) is 4.14. The number of carbonyl (C=O) groups excluding carboxylic acids is 3. The number of hydrogen-bond donors (Lipinski definition) is 9. The number of carbonyl (C=O) groups is 4. The summed E-state index contributed by atoms with van der Waals surface area (Å²) >= 11 is 0. The molecule has 0 aromatic heterocycles. The summed E-state index contributed by atoms with van der Waals surface area (Å²) in [5.41, 5.74) is 16.2. The highest BCUT2D eigenvalue weighted by Gasteiger charge is 2.32. The van der Waals surface area contributed by atoms with Crippen molar-refractivity contribution in [1.82, 2.24) is 16.0 Å². The third-order valence-electron chi connectivity index (χ3n) is 5.00. The van der Waals surface area contributed by atoms with Gasteiger partial charge in [0.25, 0.3) is 0 Å². The average Bonchev–Trinajstić information content (AvgIpc) is 2.75. The zero-order valence-corrected chi connectivity index (χ0v) is 19.2. The Labute approximate surface area is 192 Å². The summed E-state index contributed by atoms with van der Waals surface area (Å²) in [5.74, 6) is -4.25. The number of nitrogens with two attached hydrogens (primary N) is 3. The molecule has 0 fully saturated rings. The van der Waals surface area contributed by atoms with Crippen molar-refractivity contribution in [2.45, 2.75) is 70.3 Å². The van der Waals surface area contributed by atoms with Gasteiger partial charge in [-0.2, -0.15) is 0 Å². The molecular weight excluding hydrogens is 438 g/mol. The molecule has 12 N–H and O–H groups in total. The summed E-state index contributed by atoms with van der Waals surface area (Å²) in [7, 11) is 0. The lowest BCUT2D eigenvalue weighted by atomic mass is 9.98. The first-order chi connectivity index (χ1) is 15.3. The summed E-state index contributed by atoms with van der Waals surface area (Å²) < 4.78 is 0. The number of amides is 3. The Hall–Kier alpha value is -2.97. The maximum atomic E-state index is 12.6. The Balaban J connectivity index is 5.15. The van der Waals surface area contributed by atoms with Crippen molar-refractivity contribution in [3.63, 3.8) is 0 Å². The second-order valence-electron chi connectivity index (χ2n) is 7.73. The van der Waals surface area contributed by atoms with Crippen molar-refractivity contribution >= 4 is 29.7 Å².